The summed E-state index contributed by atoms with van der Waals surface area (Å²) in [6.07, 6.45) is 0. The highest BCUT2D eigenvalue weighted by Gasteiger charge is 2.10. The summed E-state index contributed by atoms with van der Waals surface area (Å²) in [7, 11) is -3.63. The van der Waals surface area contributed by atoms with Gasteiger partial charge in [-0.05, 0) is 18.2 Å². The van der Waals surface area contributed by atoms with Crippen molar-refractivity contribution in [2.24, 2.45) is 5.14 Å². The van der Waals surface area contributed by atoms with Crippen LogP contribution in [0.3, 0.4) is 0 Å². The molecule has 4 N–H and O–H groups in total. The zero-order valence-corrected chi connectivity index (χ0v) is 10.1. The van der Waals surface area contributed by atoms with Crippen LogP contribution < -0.4 is 10.5 Å². The standard InChI is InChI=1S/C10H12N2O5S/c11-18(16,17)5-4-12-9(13)7-2-1-3-8(6-7)10(14)15/h1-3,6H,4-5H2,(H,12,13)(H,14,15)(H2,11,16,17). The highest BCUT2D eigenvalue weighted by atomic mass is 32.2. The van der Waals surface area contributed by atoms with Gasteiger partial charge in [-0.2, -0.15) is 0 Å². The van der Waals surface area contributed by atoms with E-state index in [0.29, 0.717) is 0 Å². The van der Waals surface area contributed by atoms with E-state index in [2.05, 4.69) is 5.32 Å². The van der Waals surface area contributed by atoms with Gasteiger partial charge in [-0.3, -0.25) is 4.79 Å². The number of nitrogens with one attached hydrogen (secondary N) is 1. The fraction of sp³-hybridized carbons (Fsp3) is 0.200. The first kappa shape index (κ1) is 14.1. The fourth-order valence-corrected chi connectivity index (χ4v) is 1.59. The second-order valence-electron chi connectivity index (χ2n) is 3.51. The van der Waals surface area contributed by atoms with Crippen LogP contribution in [0.2, 0.25) is 0 Å². The summed E-state index contributed by atoms with van der Waals surface area (Å²) in [4.78, 5) is 22.3. The molecule has 7 nitrogen and oxygen atoms in total. The lowest BCUT2D eigenvalue weighted by Crippen LogP contribution is -2.31. The number of primary sulfonamides is 1. The maximum Gasteiger partial charge on any atom is 0.335 e. The molecule has 0 atom stereocenters. The quantitative estimate of drug-likeness (QED) is 0.660. The number of hydrogen-bond donors (Lipinski definition) is 3. The molecule has 0 fully saturated rings. The van der Waals surface area contributed by atoms with Crippen LogP contribution in [-0.2, 0) is 10.0 Å². The predicted molar refractivity (Wildman–Crippen MR) is 63.7 cm³/mol. The maximum atomic E-state index is 11.6. The molecule has 98 valence electrons. The molecule has 0 aliphatic heterocycles. The Hall–Kier alpha value is -1.93. The molecule has 0 heterocycles. The molecule has 0 saturated carbocycles. The number of carboxylic acids is 1. The summed E-state index contributed by atoms with van der Waals surface area (Å²) >= 11 is 0. The molecule has 0 saturated heterocycles. The number of carbonyl (C=O) groups is 2. The van der Waals surface area contributed by atoms with E-state index < -0.39 is 21.9 Å². The molecule has 0 unspecified atom stereocenters. The topological polar surface area (TPSA) is 127 Å². The van der Waals surface area contributed by atoms with Gasteiger partial charge in [0.25, 0.3) is 5.91 Å². The van der Waals surface area contributed by atoms with Gasteiger partial charge in [0, 0.05) is 12.1 Å². The van der Waals surface area contributed by atoms with Crippen molar-refractivity contribution >= 4 is 21.9 Å². The van der Waals surface area contributed by atoms with Crippen LogP contribution >= 0.6 is 0 Å². The number of sulfonamides is 1. The van der Waals surface area contributed by atoms with Gasteiger partial charge in [0.15, 0.2) is 0 Å². The number of amides is 1. The number of benzene rings is 1. The third-order valence-electron chi connectivity index (χ3n) is 2.04. The average Bonchev–Trinajstić information content (AvgIpc) is 2.27. The van der Waals surface area contributed by atoms with Gasteiger partial charge in [-0.1, -0.05) is 6.07 Å². The van der Waals surface area contributed by atoms with Crippen molar-refractivity contribution in [3.63, 3.8) is 0 Å². The highest BCUT2D eigenvalue weighted by Crippen LogP contribution is 2.05. The zero-order chi connectivity index (χ0) is 13.8. The van der Waals surface area contributed by atoms with Gasteiger partial charge in [-0.25, -0.2) is 18.4 Å². The lowest BCUT2D eigenvalue weighted by atomic mass is 10.1. The van der Waals surface area contributed by atoms with Gasteiger partial charge >= 0.3 is 5.97 Å². The Balaban J connectivity index is 2.67. The summed E-state index contributed by atoms with van der Waals surface area (Å²) in [5.74, 6) is -2.08. The van der Waals surface area contributed by atoms with E-state index in [1.165, 1.54) is 24.3 Å². The first-order chi connectivity index (χ1) is 8.29. The van der Waals surface area contributed by atoms with Gasteiger partial charge in [0.05, 0.1) is 11.3 Å². The minimum Gasteiger partial charge on any atom is -0.478 e. The van der Waals surface area contributed by atoms with Crippen molar-refractivity contribution in [2.75, 3.05) is 12.3 Å². The van der Waals surface area contributed by atoms with E-state index in [1.54, 1.807) is 0 Å². The normalized spacial score (nSPS) is 10.9. The SMILES string of the molecule is NS(=O)(=O)CCNC(=O)c1cccc(C(=O)O)c1. The van der Waals surface area contributed by atoms with Crippen LogP contribution in [-0.4, -0.2) is 37.7 Å². The smallest absolute Gasteiger partial charge is 0.335 e. The van der Waals surface area contributed by atoms with Crippen molar-refractivity contribution in [3.8, 4) is 0 Å². The van der Waals surface area contributed by atoms with Crippen LogP contribution in [0.25, 0.3) is 0 Å². The molecule has 1 aromatic rings. The Morgan fingerprint density at radius 1 is 1.28 bits per heavy atom. The predicted octanol–water partition coefficient (Wildman–Crippen LogP) is -0.597. The summed E-state index contributed by atoms with van der Waals surface area (Å²) in [5, 5.41) is 15.8. The van der Waals surface area contributed by atoms with Crippen LogP contribution in [0, 0.1) is 0 Å². The van der Waals surface area contributed by atoms with Crippen molar-refractivity contribution in [3.05, 3.63) is 35.4 Å². The summed E-state index contributed by atoms with van der Waals surface area (Å²) in [5.41, 5.74) is 0.124. The van der Waals surface area contributed by atoms with Crippen LogP contribution in [0.15, 0.2) is 24.3 Å². The van der Waals surface area contributed by atoms with Gasteiger partial charge < -0.3 is 10.4 Å². The number of nitrogens with two attached hydrogens (primary N) is 1. The van der Waals surface area contributed by atoms with E-state index in [9.17, 15) is 18.0 Å². The van der Waals surface area contributed by atoms with Gasteiger partial charge in [0.1, 0.15) is 0 Å². The lowest BCUT2D eigenvalue weighted by Gasteiger charge is -2.04. The van der Waals surface area contributed by atoms with E-state index in [4.69, 9.17) is 10.2 Å². The Morgan fingerprint density at radius 3 is 2.44 bits per heavy atom. The minimum absolute atomic E-state index is 0.0194. The molecule has 8 heteroatoms. The van der Waals surface area contributed by atoms with Gasteiger partial charge in [0.2, 0.25) is 10.0 Å². The van der Waals surface area contributed by atoms with Crippen molar-refractivity contribution in [2.45, 2.75) is 0 Å². The molecule has 1 rings (SSSR count). The molecule has 0 aliphatic rings. The molecule has 0 bridgehead atoms. The molecule has 1 aromatic carbocycles. The molecule has 0 aromatic heterocycles. The molecule has 1 amide bonds. The largest absolute Gasteiger partial charge is 0.478 e. The van der Waals surface area contributed by atoms with Crippen molar-refractivity contribution in [1.29, 1.82) is 0 Å². The van der Waals surface area contributed by atoms with E-state index >= 15 is 0 Å². The zero-order valence-electron chi connectivity index (χ0n) is 9.29. The molecule has 0 aliphatic carbocycles. The molecule has 0 radical (unpaired) electrons. The second-order valence-corrected chi connectivity index (χ2v) is 5.24. The van der Waals surface area contributed by atoms with Crippen molar-refractivity contribution < 1.29 is 23.1 Å². The molecule has 18 heavy (non-hydrogen) atoms. The number of carboxylic acid groups (broad SMARTS) is 1. The monoisotopic (exact) mass is 272 g/mol. The summed E-state index contributed by atoms with van der Waals surface area (Å²) < 4.78 is 21.3. The Bertz CT molecular complexity index is 567. The van der Waals surface area contributed by atoms with Crippen LogP contribution in [0.1, 0.15) is 20.7 Å². The second kappa shape index (κ2) is 5.61. The fourth-order valence-electron chi connectivity index (χ4n) is 1.20. The third-order valence-corrected chi connectivity index (χ3v) is 2.82. The van der Waals surface area contributed by atoms with E-state index in [1.807, 2.05) is 0 Å². The maximum absolute atomic E-state index is 11.6. The molecular formula is C10H12N2O5S. The van der Waals surface area contributed by atoms with Crippen LogP contribution in [0.4, 0.5) is 0 Å². The number of carbonyl (C=O) groups excluding carboxylic acids is 1. The van der Waals surface area contributed by atoms with E-state index in [0.717, 1.165) is 0 Å². The minimum atomic E-state index is -3.63. The number of rotatable bonds is 5. The summed E-state index contributed by atoms with van der Waals surface area (Å²) in [6.45, 7) is -0.130. The third kappa shape index (κ3) is 4.52. The van der Waals surface area contributed by atoms with Crippen molar-refractivity contribution in [1.82, 2.24) is 5.32 Å². The van der Waals surface area contributed by atoms with Gasteiger partial charge in [-0.15, -0.1) is 0 Å². The molecular weight excluding hydrogens is 260 g/mol. The average molecular weight is 272 g/mol. The highest BCUT2D eigenvalue weighted by molar-refractivity contribution is 7.89. The number of hydrogen-bond acceptors (Lipinski definition) is 4. The van der Waals surface area contributed by atoms with Crippen LogP contribution in [0.5, 0.6) is 0 Å². The Labute approximate surface area is 104 Å². The number of aromatic carboxylic acids is 1. The first-order valence-electron chi connectivity index (χ1n) is 4.91. The molecule has 0 spiro atoms. The summed E-state index contributed by atoms with van der Waals surface area (Å²) in [6, 6.07) is 5.41. The Kier molecular flexibility index (Phi) is 4.40. The first-order valence-corrected chi connectivity index (χ1v) is 6.63. The van der Waals surface area contributed by atoms with E-state index in [-0.39, 0.29) is 23.4 Å². The Morgan fingerprint density at radius 2 is 1.89 bits per heavy atom. The lowest BCUT2D eigenvalue weighted by molar-refractivity contribution is 0.0697.